The van der Waals surface area contributed by atoms with Crippen LogP contribution in [0.15, 0.2) is 36.5 Å². The quantitative estimate of drug-likeness (QED) is 0.744. The largest absolute Gasteiger partial charge is 0.370 e. The molecule has 110 valence electrons. The summed E-state index contributed by atoms with van der Waals surface area (Å²) >= 11 is 18.0. The van der Waals surface area contributed by atoms with Crippen molar-refractivity contribution in [3.05, 3.63) is 57.3 Å². The van der Waals surface area contributed by atoms with Crippen LogP contribution >= 0.6 is 34.8 Å². The number of ether oxygens (including phenoxy) is 1. The van der Waals surface area contributed by atoms with Crippen LogP contribution in [-0.2, 0) is 4.74 Å². The van der Waals surface area contributed by atoms with E-state index in [0.29, 0.717) is 21.8 Å². The topological polar surface area (TPSA) is 25.4 Å². The molecule has 1 aromatic carbocycles. The summed E-state index contributed by atoms with van der Waals surface area (Å²) in [5, 5.41) is 1.58. The van der Waals surface area contributed by atoms with E-state index >= 15 is 0 Å². The average Bonchev–Trinajstić information content (AvgIpc) is 2.50. The van der Waals surface area contributed by atoms with Crippen molar-refractivity contribution in [2.24, 2.45) is 0 Å². The lowest BCUT2D eigenvalue weighted by Crippen LogP contribution is -2.38. The standard InChI is InChI=1S/C15H13Cl3N2O/c16-12-2-1-10(7-13(12)17)14-9-20(5-6-21-14)11-3-4-19-15(18)8-11/h1-4,7-8,14H,5-6,9H2. The van der Waals surface area contributed by atoms with Gasteiger partial charge in [-0.1, -0.05) is 40.9 Å². The maximum atomic E-state index is 6.08. The molecule has 3 nitrogen and oxygen atoms in total. The predicted octanol–water partition coefficient (Wildman–Crippen LogP) is 4.62. The molecule has 2 aromatic rings. The van der Waals surface area contributed by atoms with Crippen LogP contribution in [0.4, 0.5) is 5.69 Å². The van der Waals surface area contributed by atoms with E-state index in [1.54, 1.807) is 12.3 Å². The third kappa shape index (κ3) is 3.43. The van der Waals surface area contributed by atoms with Crippen molar-refractivity contribution < 1.29 is 4.74 Å². The minimum atomic E-state index is -0.0412. The van der Waals surface area contributed by atoms with Crippen LogP contribution in [0.3, 0.4) is 0 Å². The Bertz CT molecular complexity index is 651. The number of anilines is 1. The number of pyridine rings is 1. The van der Waals surface area contributed by atoms with Crippen molar-refractivity contribution in [1.82, 2.24) is 4.98 Å². The Morgan fingerprint density at radius 2 is 1.95 bits per heavy atom. The highest BCUT2D eigenvalue weighted by molar-refractivity contribution is 6.42. The molecule has 0 spiro atoms. The molecule has 3 rings (SSSR count). The average molecular weight is 344 g/mol. The summed E-state index contributed by atoms with van der Waals surface area (Å²) in [6.07, 6.45) is 1.67. The monoisotopic (exact) mass is 342 g/mol. The summed E-state index contributed by atoms with van der Waals surface area (Å²) in [5.41, 5.74) is 2.07. The Kier molecular flexibility index (Phi) is 4.55. The minimum Gasteiger partial charge on any atom is -0.370 e. The number of nitrogens with zero attached hydrogens (tertiary/aromatic N) is 2. The zero-order chi connectivity index (χ0) is 14.8. The van der Waals surface area contributed by atoms with Gasteiger partial charge in [0.15, 0.2) is 0 Å². The van der Waals surface area contributed by atoms with Crippen LogP contribution in [0.5, 0.6) is 0 Å². The van der Waals surface area contributed by atoms with Crippen molar-refractivity contribution in [1.29, 1.82) is 0 Å². The van der Waals surface area contributed by atoms with Crippen LogP contribution in [0, 0.1) is 0 Å². The van der Waals surface area contributed by atoms with Crippen LogP contribution in [0.25, 0.3) is 0 Å². The van der Waals surface area contributed by atoms with Gasteiger partial charge in [0.2, 0.25) is 0 Å². The Hall–Kier alpha value is -1.00. The van der Waals surface area contributed by atoms with E-state index in [0.717, 1.165) is 24.3 Å². The molecule has 1 unspecified atom stereocenters. The smallest absolute Gasteiger partial charge is 0.131 e. The molecule has 0 N–H and O–H groups in total. The zero-order valence-electron chi connectivity index (χ0n) is 11.1. The third-order valence-corrected chi connectivity index (χ3v) is 4.40. The molecule has 1 aliphatic rings. The third-order valence-electron chi connectivity index (χ3n) is 3.46. The molecule has 0 aliphatic carbocycles. The summed E-state index contributed by atoms with van der Waals surface area (Å²) in [7, 11) is 0. The maximum absolute atomic E-state index is 6.08. The van der Waals surface area contributed by atoms with Crippen LogP contribution < -0.4 is 4.90 Å². The molecule has 1 atom stereocenters. The molecular formula is C15H13Cl3N2O. The van der Waals surface area contributed by atoms with E-state index in [4.69, 9.17) is 39.5 Å². The van der Waals surface area contributed by atoms with Gasteiger partial charge in [-0.25, -0.2) is 4.98 Å². The Balaban J connectivity index is 1.80. The number of benzene rings is 1. The highest BCUT2D eigenvalue weighted by atomic mass is 35.5. The second-order valence-corrected chi connectivity index (χ2v) is 6.02. The first-order valence-electron chi connectivity index (χ1n) is 6.56. The fourth-order valence-corrected chi connectivity index (χ4v) is 2.86. The van der Waals surface area contributed by atoms with Crippen molar-refractivity contribution >= 4 is 40.5 Å². The van der Waals surface area contributed by atoms with Crippen molar-refractivity contribution in [2.45, 2.75) is 6.10 Å². The van der Waals surface area contributed by atoms with E-state index < -0.39 is 0 Å². The van der Waals surface area contributed by atoms with Crippen LogP contribution in [0.1, 0.15) is 11.7 Å². The molecule has 0 bridgehead atoms. The molecular weight excluding hydrogens is 331 g/mol. The van der Waals surface area contributed by atoms with E-state index in [-0.39, 0.29) is 6.10 Å². The fourth-order valence-electron chi connectivity index (χ4n) is 2.39. The lowest BCUT2D eigenvalue weighted by atomic mass is 10.1. The van der Waals surface area contributed by atoms with E-state index in [1.165, 1.54) is 0 Å². The second-order valence-electron chi connectivity index (χ2n) is 4.82. The number of hydrogen-bond donors (Lipinski definition) is 0. The van der Waals surface area contributed by atoms with Gasteiger partial charge in [-0.15, -0.1) is 0 Å². The highest BCUT2D eigenvalue weighted by Gasteiger charge is 2.23. The van der Waals surface area contributed by atoms with Crippen molar-refractivity contribution in [3.63, 3.8) is 0 Å². The van der Waals surface area contributed by atoms with Gasteiger partial charge in [-0.2, -0.15) is 0 Å². The first-order chi connectivity index (χ1) is 10.1. The van der Waals surface area contributed by atoms with E-state index in [2.05, 4.69) is 9.88 Å². The molecule has 6 heteroatoms. The SMILES string of the molecule is Clc1cc(N2CCOC(c3ccc(Cl)c(Cl)c3)C2)ccn1. The molecule has 0 saturated carbocycles. The van der Waals surface area contributed by atoms with E-state index in [9.17, 15) is 0 Å². The maximum Gasteiger partial charge on any atom is 0.131 e. The fraction of sp³-hybridized carbons (Fsp3) is 0.267. The molecule has 2 heterocycles. The van der Waals surface area contributed by atoms with Gasteiger partial charge in [0.1, 0.15) is 11.3 Å². The summed E-state index contributed by atoms with van der Waals surface area (Å²) in [6, 6.07) is 9.41. The second kappa shape index (κ2) is 6.41. The normalized spacial score (nSPS) is 18.8. The zero-order valence-corrected chi connectivity index (χ0v) is 13.4. The van der Waals surface area contributed by atoms with Gasteiger partial charge < -0.3 is 9.64 Å². The molecule has 0 amide bonds. The molecule has 1 saturated heterocycles. The van der Waals surface area contributed by atoms with Gasteiger partial charge in [0.05, 0.1) is 16.7 Å². The van der Waals surface area contributed by atoms with Crippen molar-refractivity contribution in [3.8, 4) is 0 Å². The number of halogens is 3. The first-order valence-corrected chi connectivity index (χ1v) is 7.70. The molecule has 1 aromatic heterocycles. The molecule has 0 radical (unpaired) electrons. The Morgan fingerprint density at radius 3 is 2.71 bits per heavy atom. The Morgan fingerprint density at radius 1 is 1.10 bits per heavy atom. The summed E-state index contributed by atoms with van der Waals surface area (Å²) in [6.45, 7) is 2.20. The van der Waals surface area contributed by atoms with Crippen LogP contribution in [-0.4, -0.2) is 24.7 Å². The minimum absolute atomic E-state index is 0.0412. The number of rotatable bonds is 2. The Labute approximate surface area is 138 Å². The number of aromatic nitrogens is 1. The summed E-state index contributed by atoms with van der Waals surface area (Å²) in [4.78, 5) is 6.23. The summed E-state index contributed by atoms with van der Waals surface area (Å²) in [5.74, 6) is 0. The predicted molar refractivity (Wildman–Crippen MR) is 86.6 cm³/mol. The number of hydrogen-bond acceptors (Lipinski definition) is 3. The molecule has 21 heavy (non-hydrogen) atoms. The first kappa shape index (κ1) is 14.9. The van der Waals surface area contributed by atoms with Gasteiger partial charge in [0, 0.05) is 25.0 Å². The number of morpholine rings is 1. The van der Waals surface area contributed by atoms with Gasteiger partial charge in [0.25, 0.3) is 0 Å². The van der Waals surface area contributed by atoms with Crippen LogP contribution in [0.2, 0.25) is 15.2 Å². The lowest BCUT2D eigenvalue weighted by molar-refractivity contribution is 0.0398. The summed E-state index contributed by atoms with van der Waals surface area (Å²) < 4.78 is 5.85. The highest BCUT2D eigenvalue weighted by Crippen LogP contribution is 2.30. The molecule has 1 fully saturated rings. The van der Waals surface area contributed by atoms with Crippen molar-refractivity contribution in [2.75, 3.05) is 24.6 Å². The van der Waals surface area contributed by atoms with Gasteiger partial charge in [-0.3, -0.25) is 0 Å². The van der Waals surface area contributed by atoms with E-state index in [1.807, 2.05) is 24.3 Å². The van der Waals surface area contributed by atoms with Gasteiger partial charge in [-0.05, 0) is 29.8 Å². The molecule has 1 aliphatic heterocycles. The van der Waals surface area contributed by atoms with Gasteiger partial charge >= 0.3 is 0 Å². The lowest BCUT2D eigenvalue weighted by Gasteiger charge is -2.34.